The van der Waals surface area contributed by atoms with Crippen LogP contribution in [0.5, 0.6) is 5.75 Å². The summed E-state index contributed by atoms with van der Waals surface area (Å²) in [5, 5.41) is 3.94. The van der Waals surface area contributed by atoms with E-state index in [2.05, 4.69) is 15.4 Å². The van der Waals surface area contributed by atoms with Crippen molar-refractivity contribution in [2.75, 3.05) is 25.1 Å². The molecule has 0 bridgehead atoms. The average Bonchev–Trinajstić information content (AvgIpc) is 3.26. The van der Waals surface area contributed by atoms with Crippen LogP contribution in [0.1, 0.15) is 29.0 Å². The fraction of sp³-hybridized carbons (Fsp3) is 0.294. The second kappa shape index (κ2) is 7.00. The zero-order valence-corrected chi connectivity index (χ0v) is 13.0. The Labute approximate surface area is 134 Å². The van der Waals surface area contributed by atoms with Gasteiger partial charge in [0.1, 0.15) is 11.5 Å². The minimum atomic E-state index is -0.329. The van der Waals surface area contributed by atoms with Crippen molar-refractivity contribution >= 4 is 18.0 Å². The lowest BCUT2D eigenvalue weighted by Gasteiger charge is -2.12. The minimum absolute atomic E-state index is 0.329. The molecule has 2 heterocycles. The number of amides is 1. The number of para-hydroxylation sites is 1. The van der Waals surface area contributed by atoms with Crippen LogP contribution in [-0.2, 0) is 0 Å². The van der Waals surface area contributed by atoms with Crippen LogP contribution in [0.2, 0.25) is 0 Å². The first-order chi connectivity index (χ1) is 11.3. The highest BCUT2D eigenvalue weighted by Crippen LogP contribution is 2.22. The molecule has 0 spiro atoms. The quantitative estimate of drug-likeness (QED) is 0.681. The molecule has 1 aromatic heterocycles. The zero-order valence-electron chi connectivity index (χ0n) is 13.0. The molecule has 2 aromatic rings. The Bertz CT molecular complexity index is 703. The van der Waals surface area contributed by atoms with Crippen LogP contribution >= 0.6 is 0 Å². The van der Waals surface area contributed by atoms with Gasteiger partial charge in [-0.25, -0.2) is 5.43 Å². The first kappa shape index (κ1) is 15.1. The Morgan fingerprint density at radius 3 is 2.83 bits per heavy atom. The predicted octanol–water partition coefficient (Wildman–Crippen LogP) is 2.65. The van der Waals surface area contributed by atoms with Crippen molar-refractivity contribution in [1.82, 2.24) is 5.43 Å². The topological polar surface area (TPSA) is 67.1 Å². The van der Waals surface area contributed by atoms with E-state index < -0.39 is 0 Å². The SMILES string of the molecule is COc1ccccc1C(=O)N/N=C\c1ccc(N2CCCC2)o1. The molecule has 1 aliphatic rings. The number of ether oxygens (including phenoxy) is 1. The third-order valence-corrected chi connectivity index (χ3v) is 3.74. The van der Waals surface area contributed by atoms with E-state index >= 15 is 0 Å². The summed E-state index contributed by atoms with van der Waals surface area (Å²) < 4.78 is 10.9. The summed E-state index contributed by atoms with van der Waals surface area (Å²) in [7, 11) is 1.53. The van der Waals surface area contributed by atoms with E-state index in [0.717, 1.165) is 19.0 Å². The zero-order chi connectivity index (χ0) is 16.1. The summed E-state index contributed by atoms with van der Waals surface area (Å²) in [6.45, 7) is 2.04. The highest BCUT2D eigenvalue weighted by Gasteiger charge is 2.15. The number of hydrazone groups is 1. The summed E-state index contributed by atoms with van der Waals surface area (Å²) in [6.07, 6.45) is 3.88. The molecule has 3 rings (SSSR count). The van der Waals surface area contributed by atoms with Crippen molar-refractivity contribution in [3.05, 3.63) is 47.7 Å². The summed E-state index contributed by atoms with van der Waals surface area (Å²) in [4.78, 5) is 14.3. The van der Waals surface area contributed by atoms with Crippen molar-refractivity contribution in [3.63, 3.8) is 0 Å². The normalized spacial score (nSPS) is 14.4. The second-order valence-electron chi connectivity index (χ2n) is 5.27. The number of hydrogen-bond acceptors (Lipinski definition) is 5. The van der Waals surface area contributed by atoms with Crippen molar-refractivity contribution in [2.24, 2.45) is 5.10 Å². The smallest absolute Gasteiger partial charge is 0.275 e. The van der Waals surface area contributed by atoms with Crippen LogP contribution in [0.4, 0.5) is 5.88 Å². The third kappa shape index (κ3) is 3.53. The highest BCUT2D eigenvalue weighted by atomic mass is 16.5. The summed E-state index contributed by atoms with van der Waals surface area (Å²) in [5.41, 5.74) is 2.91. The maximum Gasteiger partial charge on any atom is 0.275 e. The molecule has 0 unspecified atom stereocenters. The van der Waals surface area contributed by atoms with Gasteiger partial charge in [0, 0.05) is 19.2 Å². The number of nitrogens with one attached hydrogen (secondary N) is 1. The van der Waals surface area contributed by atoms with Gasteiger partial charge in [-0.15, -0.1) is 0 Å². The second-order valence-corrected chi connectivity index (χ2v) is 5.27. The van der Waals surface area contributed by atoms with Crippen LogP contribution < -0.4 is 15.1 Å². The average molecular weight is 313 g/mol. The van der Waals surface area contributed by atoms with Gasteiger partial charge in [0.05, 0.1) is 18.9 Å². The number of hydrogen-bond donors (Lipinski definition) is 1. The molecule has 1 aliphatic heterocycles. The first-order valence-corrected chi connectivity index (χ1v) is 7.59. The molecule has 23 heavy (non-hydrogen) atoms. The maximum atomic E-state index is 12.1. The fourth-order valence-corrected chi connectivity index (χ4v) is 2.57. The Hall–Kier alpha value is -2.76. The van der Waals surface area contributed by atoms with E-state index in [4.69, 9.17) is 9.15 Å². The number of anilines is 1. The van der Waals surface area contributed by atoms with E-state index in [1.807, 2.05) is 18.2 Å². The predicted molar refractivity (Wildman–Crippen MR) is 88.2 cm³/mol. The van der Waals surface area contributed by atoms with Crippen LogP contribution in [0, 0.1) is 0 Å². The number of benzene rings is 1. The van der Waals surface area contributed by atoms with Crippen LogP contribution in [-0.4, -0.2) is 32.3 Å². The molecule has 6 nitrogen and oxygen atoms in total. The lowest BCUT2D eigenvalue weighted by molar-refractivity contribution is 0.0952. The van der Waals surface area contributed by atoms with Crippen LogP contribution in [0.3, 0.4) is 0 Å². The largest absolute Gasteiger partial charge is 0.496 e. The van der Waals surface area contributed by atoms with E-state index in [1.54, 1.807) is 18.2 Å². The molecule has 0 aliphatic carbocycles. The lowest BCUT2D eigenvalue weighted by atomic mass is 10.2. The molecular weight excluding hydrogens is 294 g/mol. The summed E-state index contributed by atoms with van der Waals surface area (Å²) >= 11 is 0. The number of carbonyl (C=O) groups excluding carboxylic acids is 1. The fourth-order valence-electron chi connectivity index (χ4n) is 2.57. The van der Waals surface area contributed by atoms with Gasteiger partial charge in [0.15, 0.2) is 5.88 Å². The van der Waals surface area contributed by atoms with Crippen molar-refractivity contribution < 1.29 is 13.9 Å². The van der Waals surface area contributed by atoms with Gasteiger partial charge < -0.3 is 14.1 Å². The van der Waals surface area contributed by atoms with Gasteiger partial charge in [-0.3, -0.25) is 4.79 Å². The number of carbonyl (C=O) groups is 1. The number of methoxy groups -OCH3 is 1. The Balaban J connectivity index is 1.61. The molecule has 1 N–H and O–H groups in total. The van der Waals surface area contributed by atoms with Crippen molar-refractivity contribution in [2.45, 2.75) is 12.8 Å². The van der Waals surface area contributed by atoms with E-state index in [1.165, 1.54) is 26.2 Å². The molecule has 120 valence electrons. The Morgan fingerprint density at radius 1 is 1.26 bits per heavy atom. The van der Waals surface area contributed by atoms with Crippen molar-refractivity contribution in [3.8, 4) is 5.75 Å². The molecule has 0 atom stereocenters. The molecule has 6 heteroatoms. The monoisotopic (exact) mass is 313 g/mol. The minimum Gasteiger partial charge on any atom is -0.496 e. The van der Waals surface area contributed by atoms with Gasteiger partial charge in [-0.1, -0.05) is 12.1 Å². The molecular formula is C17H19N3O3. The molecule has 1 saturated heterocycles. The lowest BCUT2D eigenvalue weighted by Crippen LogP contribution is -2.18. The number of nitrogens with zero attached hydrogens (tertiary/aromatic N) is 2. The molecule has 1 aromatic carbocycles. The van der Waals surface area contributed by atoms with Gasteiger partial charge in [-0.05, 0) is 31.0 Å². The summed E-state index contributed by atoms with van der Waals surface area (Å²) in [6, 6.07) is 10.8. The van der Waals surface area contributed by atoms with Crippen LogP contribution in [0.15, 0.2) is 45.9 Å². The van der Waals surface area contributed by atoms with E-state index in [0.29, 0.717) is 17.1 Å². The number of furan rings is 1. The number of rotatable bonds is 5. The van der Waals surface area contributed by atoms with Gasteiger partial charge in [0.2, 0.25) is 0 Å². The third-order valence-electron chi connectivity index (χ3n) is 3.74. The molecule has 0 saturated carbocycles. The molecule has 1 fully saturated rings. The molecule has 0 radical (unpaired) electrons. The van der Waals surface area contributed by atoms with Crippen molar-refractivity contribution in [1.29, 1.82) is 0 Å². The highest BCUT2D eigenvalue weighted by molar-refractivity contribution is 5.97. The Morgan fingerprint density at radius 2 is 2.04 bits per heavy atom. The van der Waals surface area contributed by atoms with Gasteiger partial charge in [-0.2, -0.15) is 5.10 Å². The maximum absolute atomic E-state index is 12.1. The van der Waals surface area contributed by atoms with Gasteiger partial charge in [0.25, 0.3) is 5.91 Å². The first-order valence-electron chi connectivity index (χ1n) is 7.59. The van der Waals surface area contributed by atoms with Crippen LogP contribution in [0.25, 0.3) is 0 Å². The van der Waals surface area contributed by atoms with E-state index in [9.17, 15) is 4.79 Å². The van der Waals surface area contributed by atoms with E-state index in [-0.39, 0.29) is 5.91 Å². The standard InChI is InChI=1S/C17H19N3O3/c1-22-15-7-3-2-6-14(15)17(21)19-18-12-13-8-9-16(23-13)20-10-4-5-11-20/h2-3,6-9,12H,4-5,10-11H2,1H3,(H,19,21)/b18-12-. The molecule has 1 amide bonds. The Kier molecular flexibility index (Phi) is 4.61. The van der Waals surface area contributed by atoms with Gasteiger partial charge >= 0.3 is 0 Å². The summed E-state index contributed by atoms with van der Waals surface area (Å²) in [5.74, 6) is 1.63.